The second-order valence-corrected chi connectivity index (χ2v) is 8.02. The zero-order valence-electron chi connectivity index (χ0n) is 20.1. The van der Waals surface area contributed by atoms with Crippen LogP contribution in [0.5, 0.6) is 11.6 Å². The molecule has 0 aliphatic carbocycles. The average molecular weight is 491 g/mol. The predicted octanol–water partition coefficient (Wildman–Crippen LogP) is 2.70. The van der Waals surface area contributed by atoms with Crippen molar-refractivity contribution in [2.24, 2.45) is 4.99 Å². The maximum atomic E-state index is 12.8. The Hall–Kier alpha value is -4.60. The van der Waals surface area contributed by atoms with Crippen LogP contribution in [0.3, 0.4) is 0 Å². The van der Waals surface area contributed by atoms with Crippen molar-refractivity contribution in [1.82, 2.24) is 14.5 Å². The molecular weight excluding hydrogens is 464 g/mol. The van der Waals surface area contributed by atoms with E-state index in [1.807, 2.05) is 24.3 Å². The van der Waals surface area contributed by atoms with Crippen molar-refractivity contribution in [3.63, 3.8) is 0 Å². The molecular formula is C26H26N4O6. The van der Waals surface area contributed by atoms with Crippen LogP contribution >= 0.6 is 0 Å². The lowest BCUT2D eigenvalue weighted by molar-refractivity contribution is -0.142. The van der Waals surface area contributed by atoms with E-state index in [-0.39, 0.29) is 24.1 Å². The third-order valence-electron chi connectivity index (χ3n) is 5.91. The molecule has 4 rings (SSSR count). The Morgan fingerprint density at radius 3 is 2.50 bits per heavy atom. The van der Waals surface area contributed by atoms with Gasteiger partial charge in [0.15, 0.2) is 6.04 Å². The summed E-state index contributed by atoms with van der Waals surface area (Å²) in [6.07, 6.45) is 2.21. The first kappa shape index (κ1) is 24.5. The monoisotopic (exact) mass is 490 g/mol. The Labute approximate surface area is 205 Å². The number of esters is 1. The van der Waals surface area contributed by atoms with Crippen LogP contribution in [0, 0.1) is 0 Å². The van der Waals surface area contributed by atoms with Gasteiger partial charge in [0, 0.05) is 23.5 Å². The van der Waals surface area contributed by atoms with Gasteiger partial charge in [-0.05, 0) is 42.3 Å². The summed E-state index contributed by atoms with van der Waals surface area (Å²) in [6, 6.07) is 13.1. The number of aromatic amines is 2. The molecule has 2 aromatic heterocycles. The molecule has 1 atom stereocenters. The molecule has 0 unspecified atom stereocenters. The van der Waals surface area contributed by atoms with Gasteiger partial charge in [-0.15, -0.1) is 0 Å². The fourth-order valence-corrected chi connectivity index (χ4v) is 4.10. The highest BCUT2D eigenvalue weighted by Crippen LogP contribution is 2.23. The van der Waals surface area contributed by atoms with Gasteiger partial charge in [-0.3, -0.25) is 14.8 Å². The number of para-hydroxylation sites is 1. The maximum absolute atomic E-state index is 12.8. The third-order valence-corrected chi connectivity index (χ3v) is 5.91. The van der Waals surface area contributed by atoms with Crippen LogP contribution < -0.4 is 16.0 Å². The highest BCUT2D eigenvalue weighted by Gasteiger charge is 2.25. The van der Waals surface area contributed by atoms with Crippen molar-refractivity contribution in [3.8, 4) is 17.3 Å². The fraction of sp³-hybridized carbons (Fsp3) is 0.231. The van der Waals surface area contributed by atoms with Crippen molar-refractivity contribution in [2.75, 3.05) is 14.2 Å². The number of aromatic hydroxyl groups is 1. The van der Waals surface area contributed by atoms with E-state index in [1.54, 1.807) is 37.4 Å². The molecule has 10 nitrogen and oxygen atoms in total. The van der Waals surface area contributed by atoms with E-state index in [0.29, 0.717) is 11.4 Å². The molecule has 186 valence electrons. The molecule has 3 N–H and O–H groups in total. The van der Waals surface area contributed by atoms with Crippen molar-refractivity contribution in [1.29, 1.82) is 0 Å². The lowest BCUT2D eigenvalue weighted by Crippen LogP contribution is -2.34. The van der Waals surface area contributed by atoms with Gasteiger partial charge in [0.1, 0.15) is 11.3 Å². The molecule has 4 aromatic rings. The number of hydrogen-bond donors (Lipinski definition) is 3. The number of fused-ring (bicyclic) bond motifs is 1. The lowest BCUT2D eigenvalue weighted by atomic mass is 10.0. The zero-order chi connectivity index (χ0) is 25.8. The standard InChI is InChI=1S/C26H26N4O6/c1-4-19(28-21(25(33)36-3)13-15-14-27-20-8-6-5-7-18(15)20)22-23(31)29-26(34)30(24(22)32)16-9-11-17(35-2)12-10-16/h5-12,14,21,27,32H,4,13H2,1-3H3,(H,29,31,34)/t21-/m1/s1. The predicted molar refractivity (Wildman–Crippen MR) is 136 cm³/mol. The van der Waals surface area contributed by atoms with Gasteiger partial charge in [-0.25, -0.2) is 14.2 Å². The number of methoxy groups -OCH3 is 2. The quantitative estimate of drug-likeness (QED) is 0.256. The minimum absolute atomic E-state index is 0.159. The molecule has 0 radical (unpaired) electrons. The molecule has 0 bridgehead atoms. The number of aliphatic imine (C=N–C) groups is 1. The van der Waals surface area contributed by atoms with Crippen molar-refractivity contribution in [2.45, 2.75) is 25.8 Å². The van der Waals surface area contributed by atoms with Crippen molar-refractivity contribution < 1.29 is 19.4 Å². The summed E-state index contributed by atoms with van der Waals surface area (Å²) >= 11 is 0. The van der Waals surface area contributed by atoms with E-state index >= 15 is 0 Å². The highest BCUT2D eigenvalue weighted by molar-refractivity contribution is 6.03. The molecule has 0 aliphatic rings. The van der Waals surface area contributed by atoms with Crippen LogP contribution in [-0.2, 0) is 16.0 Å². The summed E-state index contributed by atoms with van der Waals surface area (Å²) in [6.45, 7) is 1.74. The average Bonchev–Trinajstić information content (AvgIpc) is 3.29. The lowest BCUT2D eigenvalue weighted by Gasteiger charge is -2.15. The summed E-state index contributed by atoms with van der Waals surface area (Å²) in [7, 11) is 2.77. The van der Waals surface area contributed by atoms with Crippen LogP contribution in [-0.4, -0.2) is 51.6 Å². The van der Waals surface area contributed by atoms with E-state index in [1.165, 1.54) is 14.2 Å². The first-order chi connectivity index (χ1) is 17.4. The fourth-order valence-electron chi connectivity index (χ4n) is 4.10. The Kier molecular flexibility index (Phi) is 7.05. The first-order valence-corrected chi connectivity index (χ1v) is 11.3. The number of carbonyl (C=O) groups is 1. The summed E-state index contributed by atoms with van der Waals surface area (Å²) in [5.74, 6) is -0.610. The van der Waals surface area contributed by atoms with E-state index in [9.17, 15) is 19.5 Å². The molecule has 0 saturated carbocycles. The Morgan fingerprint density at radius 2 is 1.83 bits per heavy atom. The minimum atomic E-state index is -0.982. The molecule has 0 fully saturated rings. The van der Waals surface area contributed by atoms with Crippen LogP contribution in [0.4, 0.5) is 0 Å². The summed E-state index contributed by atoms with van der Waals surface area (Å²) in [5.41, 5.74) is 0.420. The number of rotatable bonds is 8. The summed E-state index contributed by atoms with van der Waals surface area (Å²) < 4.78 is 11.1. The van der Waals surface area contributed by atoms with Gasteiger partial charge in [0.2, 0.25) is 5.88 Å². The second-order valence-electron chi connectivity index (χ2n) is 8.02. The first-order valence-electron chi connectivity index (χ1n) is 11.3. The SMILES string of the molecule is CCC(=N[C@H](Cc1c[nH]c2ccccc12)C(=O)OC)c1c(O)n(-c2ccc(OC)cc2)c(=O)[nH]c1=O. The van der Waals surface area contributed by atoms with Crippen LogP contribution in [0.25, 0.3) is 16.6 Å². The number of nitrogens with one attached hydrogen (secondary N) is 2. The number of aromatic nitrogens is 3. The van der Waals surface area contributed by atoms with Crippen LogP contribution in [0.15, 0.2) is 69.3 Å². The van der Waals surface area contributed by atoms with Gasteiger partial charge in [-0.1, -0.05) is 25.1 Å². The summed E-state index contributed by atoms with van der Waals surface area (Å²) in [4.78, 5) is 48.0. The van der Waals surface area contributed by atoms with Gasteiger partial charge in [0.25, 0.3) is 5.56 Å². The Balaban J connectivity index is 1.81. The van der Waals surface area contributed by atoms with E-state index < -0.39 is 29.1 Å². The second kappa shape index (κ2) is 10.3. The van der Waals surface area contributed by atoms with Gasteiger partial charge >= 0.3 is 11.7 Å². The molecule has 0 amide bonds. The summed E-state index contributed by atoms with van der Waals surface area (Å²) in [5, 5.41) is 12.0. The van der Waals surface area contributed by atoms with Crippen molar-refractivity contribution in [3.05, 3.63) is 86.7 Å². The zero-order valence-corrected chi connectivity index (χ0v) is 20.1. The Morgan fingerprint density at radius 1 is 1.11 bits per heavy atom. The number of hydrogen-bond acceptors (Lipinski definition) is 7. The number of nitrogens with zero attached hydrogens (tertiary/aromatic N) is 2. The van der Waals surface area contributed by atoms with E-state index in [4.69, 9.17) is 9.47 Å². The van der Waals surface area contributed by atoms with E-state index in [2.05, 4.69) is 15.0 Å². The minimum Gasteiger partial charge on any atom is -0.497 e. The van der Waals surface area contributed by atoms with E-state index in [0.717, 1.165) is 21.0 Å². The third kappa shape index (κ3) is 4.65. The van der Waals surface area contributed by atoms with Crippen molar-refractivity contribution >= 4 is 22.6 Å². The van der Waals surface area contributed by atoms with Crippen LogP contribution in [0.2, 0.25) is 0 Å². The Bertz CT molecular complexity index is 1550. The van der Waals surface area contributed by atoms with Gasteiger partial charge < -0.3 is 19.6 Å². The maximum Gasteiger partial charge on any atom is 0.335 e. The molecule has 2 aromatic carbocycles. The van der Waals surface area contributed by atoms with Gasteiger partial charge in [0.05, 0.1) is 25.6 Å². The largest absolute Gasteiger partial charge is 0.497 e. The number of carbonyl (C=O) groups excluding carboxylic acids is 1. The smallest absolute Gasteiger partial charge is 0.335 e. The molecule has 10 heteroatoms. The molecule has 0 aliphatic heterocycles. The molecule has 36 heavy (non-hydrogen) atoms. The number of H-pyrrole nitrogens is 2. The molecule has 0 saturated heterocycles. The number of benzene rings is 2. The molecule has 2 heterocycles. The van der Waals surface area contributed by atoms with Crippen LogP contribution in [0.1, 0.15) is 24.5 Å². The van der Waals surface area contributed by atoms with Gasteiger partial charge in [-0.2, -0.15) is 0 Å². The number of ether oxygens (including phenoxy) is 2. The topological polar surface area (TPSA) is 139 Å². The highest BCUT2D eigenvalue weighted by atomic mass is 16.5. The normalized spacial score (nSPS) is 12.5. The molecule has 0 spiro atoms.